The van der Waals surface area contributed by atoms with Gasteiger partial charge >= 0.3 is 0 Å². The molecule has 0 aliphatic rings. The Morgan fingerprint density at radius 2 is 1.53 bits per heavy atom. The highest BCUT2D eigenvalue weighted by atomic mass is 16.5. The molecule has 0 saturated heterocycles. The molecule has 6 heteroatoms. The molecular weight excluding hydrogens is 376 g/mol. The van der Waals surface area contributed by atoms with E-state index in [9.17, 15) is 5.11 Å². The van der Waals surface area contributed by atoms with E-state index in [1.54, 1.807) is 18.2 Å². The molecule has 0 atom stereocenters. The molecule has 30 heavy (non-hydrogen) atoms. The van der Waals surface area contributed by atoms with Crippen LogP contribution in [0, 0.1) is 5.41 Å². The molecule has 0 fully saturated rings. The topological polar surface area (TPSA) is 118 Å². The van der Waals surface area contributed by atoms with Crippen LogP contribution in [0.1, 0.15) is 5.56 Å². The normalized spacial score (nSPS) is 10.5. The fourth-order valence-corrected chi connectivity index (χ4v) is 3.22. The van der Waals surface area contributed by atoms with Gasteiger partial charge in [0, 0.05) is 5.56 Å². The highest BCUT2D eigenvalue weighted by molar-refractivity contribution is 6.06. The van der Waals surface area contributed by atoms with Crippen molar-refractivity contribution < 1.29 is 9.84 Å². The molecule has 4 rings (SSSR count). The van der Waals surface area contributed by atoms with Crippen LogP contribution in [0.2, 0.25) is 0 Å². The second-order valence-electron chi connectivity index (χ2n) is 6.72. The van der Waals surface area contributed by atoms with E-state index in [4.69, 9.17) is 21.6 Å². The zero-order valence-corrected chi connectivity index (χ0v) is 16.0. The molecule has 1 aromatic heterocycles. The second-order valence-corrected chi connectivity index (χ2v) is 6.72. The van der Waals surface area contributed by atoms with E-state index in [0.717, 1.165) is 11.3 Å². The van der Waals surface area contributed by atoms with Crippen LogP contribution in [0.25, 0.3) is 22.4 Å². The monoisotopic (exact) mass is 396 g/mol. The number of amidine groups is 1. The van der Waals surface area contributed by atoms with Gasteiger partial charge in [-0.25, -0.2) is 4.98 Å². The summed E-state index contributed by atoms with van der Waals surface area (Å²) in [5, 5.41) is 17.8. The van der Waals surface area contributed by atoms with Gasteiger partial charge in [-0.2, -0.15) is 0 Å². The number of para-hydroxylation sites is 1. The number of nitrogens with two attached hydrogens (primary N) is 2. The van der Waals surface area contributed by atoms with Crippen LogP contribution in [0.15, 0.2) is 84.9 Å². The molecule has 6 N–H and O–H groups in total. The van der Waals surface area contributed by atoms with Crippen LogP contribution in [0.3, 0.4) is 0 Å². The van der Waals surface area contributed by atoms with Crippen LogP contribution < -0.4 is 16.2 Å². The third-order valence-electron chi connectivity index (χ3n) is 4.60. The number of ether oxygens (including phenoxy) is 1. The van der Waals surface area contributed by atoms with Crippen molar-refractivity contribution in [1.29, 1.82) is 5.41 Å². The first-order valence-electron chi connectivity index (χ1n) is 9.29. The lowest BCUT2D eigenvalue weighted by molar-refractivity contribution is 0.475. The second kappa shape index (κ2) is 7.97. The van der Waals surface area contributed by atoms with Gasteiger partial charge in [0.15, 0.2) is 0 Å². The Balaban J connectivity index is 1.76. The minimum atomic E-state index is -0.165. The number of phenolic OH excluding ortho intramolecular Hbond substituents is 1. The van der Waals surface area contributed by atoms with Crippen molar-refractivity contribution in [3.8, 4) is 39.6 Å². The Labute approximate surface area is 173 Å². The number of aromatic nitrogens is 1. The lowest BCUT2D eigenvalue weighted by atomic mass is 9.97. The van der Waals surface area contributed by atoms with Crippen molar-refractivity contribution >= 4 is 11.7 Å². The number of hydrogen-bond donors (Lipinski definition) is 4. The molecule has 0 spiro atoms. The quantitative estimate of drug-likeness (QED) is 0.286. The minimum Gasteiger partial charge on any atom is -0.508 e. The maximum Gasteiger partial charge on any atom is 0.135 e. The number of pyridine rings is 1. The van der Waals surface area contributed by atoms with Crippen molar-refractivity contribution in [1.82, 2.24) is 4.98 Å². The minimum absolute atomic E-state index is 0.132. The summed E-state index contributed by atoms with van der Waals surface area (Å²) in [6, 6.07) is 25.5. The molecule has 0 aliphatic heterocycles. The highest BCUT2D eigenvalue weighted by Crippen LogP contribution is 2.33. The predicted molar refractivity (Wildman–Crippen MR) is 119 cm³/mol. The van der Waals surface area contributed by atoms with E-state index in [2.05, 4.69) is 4.98 Å². The van der Waals surface area contributed by atoms with Gasteiger partial charge in [0.2, 0.25) is 0 Å². The van der Waals surface area contributed by atoms with E-state index in [0.29, 0.717) is 28.1 Å². The zero-order valence-electron chi connectivity index (χ0n) is 16.0. The Kier molecular flexibility index (Phi) is 5.05. The van der Waals surface area contributed by atoms with Gasteiger partial charge < -0.3 is 21.3 Å². The highest BCUT2D eigenvalue weighted by Gasteiger charge is 2.16. The van der Waals surface area contributed by atoms with Crippen LogP contribution >= 0.6 is 0 Å². The van der Waals surface area contributed by atoms with E-state index in [1.807, 2.05) is 66.7 Å². The van der Waals surface area contributed by atoms with E-state index in [-0.39, 0.29) is 17.4 Å². The number of phenols is 1. The van der Waals surface area contributed by atoms with Gasteiger partial charge in [-0.15, -0.1) is 0 Å². The smallest absolute Gasteiger partial charge is 0.135 e. The Morgan fingerprint density at radius 1 is 0.833 bits per heavy atom. The fourth-order valence-electron chi connectivity index (χ4n) is 3.22. The van der Waals surface area contributed by atoms with Gasteiger partial charge in [-0.3, -0.25) is 5.41 Å². The summed E-state index contributed by atoms with van der Waals surface area (Å²) in [6.07, 6.45) is 0. The molecule has 0 amide bonds. The van der Waals surface area contributed by atoms with Crippen molar-refractivity contribution in [2.45, 2.75) is 0 Å². The SMILES string of the molecule is N=C(N)c1c(-c2ccc(Oc3ccccc3)cc2)cc(-c2cccc(O)c2)nc1N. The number of nitrogens with one attached hydrogen (secondary N) is 1. The standard InChI is InChI=1S/C24H20N4O2/c25-23(26)22-20(14-21(28-24(22)27)16-5-4-6-17(29)13-16)15-9-11-19(12-10-15)30-18-7-2-1-3-8-18/h1-14,29H,(H3,25,26)(H2,27,28). The number of hydrogen-bond acceptors (Lipinski definition) is 5. The molecule has 3 aromatic carbocycles. The molecule has 0 aliphatic carbocycles. The van der Waals surface area contributed by atoms with Gasteiger partial charge in [0.05, 0.1) is 11.3 Å². The lowest BCUT2D eigenvalue weighted by Crippen LogP contribution is -2.16. The third kappa shape index (κ3) is 3.93. The average Bonchev–Trinajstić information content (AvgIpc) is 2.74. The van der Waals surface area contributed by atoms with Gasteiger partial charge in [0.1, 0.15) is 28.9 Å². The fraction of sp³-hybridized carbons (Fsp3) is 0. The molecular formula is C24H20N4O2. The van der Waals surface area contributed by atoms with E-state index < -0.39 is 0 Å². The first-order chi connectivity index (χ1) is 14.5. The molecule has 0 radical (unpaired) electrons. The summed E-state index contributed by atoms with van der Waals surface area (Å²) in [5.74, 6) is 1.55. The summed E-state index contributed by atoms with van der Waals surface area (Å²) >= 11 is 0. The number of nitrogens with zero attached hydrogens (tertiary/aromatic N) is 1. The van der Waals surface area contributed by atoms with Crippen molar-refractivity contribution in [3.05, 3.63) is 90.5 Å². The number of anilines is 1. The van der Waals surface area contributed by atoms with Crippen LogP contribution in [0.4, 0.5) is 5.82 Å². The van der Waals surface area contributed by atoms with Crippen LogP contribution in [-0.2, 0) is 0 Å². The van der Waals surface area contributed by atoms with E-state index in [1.165, 1.54) is 0 Å². The Hall–Kier alpha value is -4.32. The Bertz CT molecular complexity index is 1210. The number of benzene rings is 3. The van der Waals surface area contributed by atoms with Gasteiger partial charge in [-0.1, -0.05) is 42.5 Å². The summed E-state index contributed by atoms with van der Waals surface area (Å²) in [6.45, 7) is 0. The predicted octanol–water partition coefficient (Wildman–Crippen LogP) is 4.78. The summed E-state index contributed by atoms with van der Waals surface area (Å²) < 4.78 is 5.85. The van der Waals surface area contributed by atoms with Crippen molar-refractivity contribution in [2.75, 3.05) is 5.73 Å². The number of nitrogen functional groups attached to an aromatic ring is 2. The maximum absolute atomic E-state index is 9.80. The molecule has 0 unspecified atom stereocenters. The van der Waals surface area contributed by atoms with Crippen molar-refractivity contribution in [3.63, 3.8) is 0 Å². The first-order valence-corrected chi connectivity index (χ1v) is 9.29. The summed E-state index contributed by atoms with van der Waals surface area (Å²) in [4.78, 5) is 4.39. The largest absolute Gasteiger partial charge is 0.508 e. The number of rotatable bonds is 5. The molecule has 0 saturated carbocycles. The molecule has 4 aromatic rings. The molecule has 148 valence electrons. The molecule has 6 nitrogen and oxygen atoms in total. The zero-order chi connectivity index (χ0) is 21.1. The van der Waals surface area contributed by atoms with Crippen LogP contribution in [0.5, 0.6) is 17.2 Å². The summed E-state index contributed by atoms with van der Waals surface area (Å²) in [5.41, 5.74) is 15.1. The summed E-state index contributed by atoms with van der Waals surface area (Å²) in [7, 11) is 0. The Morgan fingerprint density at radius 3 is 2.20 bits per heavy atom. The van der Waals surface area contributed by atoms with Crippen molar-refractivity contribution in [2.24, 2.45) is 5.73 Å². The van der Waals surface area contributed by atoms with E-state index >= 15 is 0 Å². The maximum atomic E-state index is 9.80. The third-order valence-corrected chi connectivity index (χ3v) is 4.60. The molecule has 0 bridgehead atoms. The average molecular weight is 396 g/mol. The number of aromatic hydroxyl groups is 1. The van der Waals surface area contributed by atoms with Crippen LogP contribution in [-0.4, -0.2) is 15.9 Å². The van der Waals surface area contributed by atoms with Gasteiger partial charge in [0.25, 0.3) is 0 Å². The van der Waals surface area contributed by atoms with Gasteiger partial charge in [-0.05, 0) is 53.6 Å². The molecule has 1 heterocycles. The first kappa shape index (κ1) is 19.0. The lowest BCUT2D eigenvalue weighted by Gasteiger charge is -2.14.